The zero-order valence-electron chi connectivity index (χ0n) is 16.1. The van der Waals surface area contributed by atoms with Crippen molar-refractivity contribution in [2.75, 3.05) is 26.8 Å². The Labute approximate surface area is 157 Å². The molecular formula is C20H33N3O3. The molecule has 0 unspecified atom stereocenters. The summed E-state index contributed by atoms with van der Waals surface area (Å²) in [6.45, 7) is 5.49. The molecule has 0 spiro atoms. The minimum atomic E-state index is -0.0536. The predicted octanol–water partition coefficient (Wildman–Crippen LogP) is 2.86. The number of ether oxygens (including phenoxy) is 2. The second-order valence-electron chi connectivity index (χ2n) is 6.92. The number of hydrogen-bond acceptors (Lipinski definition) is 5. The van der Waals surface area contributed by atoms with Crippen LogP contribution in [0, 0.1) is 5.92 Å². The molecule has 26 heavy (non-hydrogen) atoms. The molecule has 1 aliphatic heterocycles. The van der Waals surface area contributed by atoms with Crippen molar-refractivity contribution in [2.45, 2.75) is 52.0 Å². The van der Waals surface area contributed by atoms with Crippen molar-refractivity contribution < 1.29 is 14.3 Å². The number of likely N-dealkylation sites (tertiary alicyclic amines) is 1. The first-order valence-corrected chi connectivity index (χ1v) is 9.71. The molecule has 1 aliphatic rings. The molecule has 0 radical (unpaired) electrons. The minimum absolute atomic E-state index is 0.0239. The lowest BCUT2D eigenvalue weighted by atomic mass is 9.96. The maximum atomic E-state index is 11.7. The highest BCUT2D eigenvalue weighted by Crippen LogP contribution is 2.33. The Balaban J connectivity index is 1.94. The van der Waals surface area contributed by atoms with Gasteiger partial charge in [-0.1, -0.05) is 38.3 Å². The van der Waals surface area contributed by atoms with Crippen LogP contribution in [0.4, 0.5) is 0 Å². The van der Waals surface area contributed by atoms with E-state index in [1.54, 1.807) is 7.11 Å². The van der Waals surface area contributed by atoms with Gasteiger partial charge in [0.1, 0.15) is 0 Å². The summed E-state index contributed by atoms with van der Waals surface area (Å²) in [6, 6.07) is 6.05. The molecule has 1 saturated heterocycles. The standard InChI is InChI=1S/C20H33N3O3/c1-3-4-5-6-14-26-19-17(8-7-9-18(19)25-2)15-23-12-10-16(11-13-23)20(24)22-21/h7-9,16H,3-6,10-15,21H2,1-2H3,(H,22,24). The van der Waals surface area contributed by atoms with Crippen LogP contribution in [-0.2, 0) is 11.3 Å². The van der Waals surface area contributed by atoms with Crippen LogP contribution >= 0.6 is 0 Å². The van der Waals surface area contributed by atoms with Crippen molar-refractivity contribution in [3.05, 3.63) is 23.8 Å². The first-order valence-electron chi connectivity index (χ1n) is 9.71. The van der Waals surface area contributed by atoms with Crippen LogP contribution in [0.5, 0.6) is 11.5 Å². The third-order valence-electron chi connectivity index (χ3n) is 5.02. The fourth-order valence-corrected chi connectivity index (χ4v) is 3.43. The Morgan fingerprint density at radius 1 is 1.27 bits per heavy atom. The Morgan fingerprint density at radius 3 is 2.69 bits per heavy atom. The van der Waals surface area contributed by atoms with Crippen LogP contribution in [0.1, 0.15) is 51.0 Å². The monoisotopic (exact) mass is 363 g/mol. The second kappa shape index (κ2) is 11.0. The lowest BCUT2D eigenvalue weighted by molar-refractivity contribution is -0.126. The third kappa shape index (κ3) is 5.88. The maximum absolute atomic E-state index is 11.7. The highest BCUT2D eigenvalue weighted by molar-refractivity contribution is 5.78. The third-order valence-corrected chi connectivity index (χ3v) is 5.02. The van der Waals surface area contributed by atoms with Crippen molar-refractivity contribution in [3.8, 4) is 11.5 Å². The van der Waals surface area contributed by atoms with E-state index in [4.69, 9.17) is 15.3 Å². The molecule has 1 fully saturated rings. The van der Waals surface area contributed by atoms with Gasteiger partial charge < -0.3 is 9.47 Å². The zero-order chi connectivity index (χ0) is 18.8. The summed E-state index contributed by atoms with van der Waals surface area (Å²) in [4.78, 5) is 14.0. The summed E-state index contributed by atoms with van der Waals surface area (Å²) < 4.78 is 11.6. The molecule has 1 heterocycles. The van der Waals surface area contributed by atoms with E-state index in [0.29, 0.717) is 6.61 Å². The molecule has 146 valence electrons. The Kier molecular flexibility index (Phi) is 8.71. The van der Waals surface area contributed by atoms with Crippen LogP contribution in [0.2, 0.25) is 0 Å². The number of nitrogens with zero attached hydrogens (tertiary/aromatic N) is 1. The van der Waals surface area contributed by atoms with E-state index in [1.807, 2.05) is 12.1 Å². The van der Waals surface area contributed by atoms with Crippen LogP contribution in [-0.4, -0.2) is 37.6 Å². The molecule has 6 nitrogen and oxygen atoms in total. The van der Waals surface area contributed by atoms with Crippen LogP contribution in [0.3, 0.4) is 0 Å². The predicted molar refractivity (Wildman–Crippen MR) is 103 cm³/mol. The van der Waals surface area contributed by atoms with Crippen LogP contribution in [0.25, 0.3) is 0 Å². The van der Waals surface area contributed by atoms with Gasteiger partial charge in [-0.15, -0.1) is 0 Å². The summed E-state index contributed by atoms with van der Waals surface area (Å²) in [7, 11) is 1.68. The molecule has 0 saturated carbocycles. The van der Waals surface area contributed by atoms with Crippen molar-refractivity contribution in [3.63, 3.8) is 0 Å². The van der Waals surface area contributed by atoms with E-state index >= 15 is 0 Å². The number of carbonyl (C=O) groups excluding carboxylic acids is 1. The highest BCUT2D eigenvalue weighted by atomic mass is 16.5. The van der Waals surface area contributed by atoms with E-state index < -0.39 is 0 Å². The molecule has 0 aromatic heterocycles. The summed E-state index contributed by atoms with van der Waals surface area (Å²) >= 11 is 0. The van der Waals surface area contributed by atoms with Gasteiger partial charge in [-0.2, -0.15) is 0 Å². The number of hydrazine groups is 1. The van der Waals surface area contributed by atoms with Crippen molar-refractivity contribution in [1.29, 1.82) is 0 Å². The first-order chi connectivity index (χ1) is 12.7. The summed E-state index contributed by atoms with van der Waals surface area (Å²) in [6.07, 6.45) is 6.38. The lowest BCUT2D eigenvalue weighted by Gasteiger charge is -2.31. The van der Waals surface area contributed by atoms with Crippen LogP contribution < -0.4 is 20.7 Å². The summed E-state index contributed by atoms with van der Waals surface area (Å²) in [5.74, 6) is 6.86. The number of carbonyl (C=O) groups is 1. The number of amides is 1. The minimum Gasteiger partial charge on any atom is -0.493 e. The molecule has 0 atom stereocenters. The molecule has 1 amide bonds. The Bertz CT molecular complexity index is 557. The number of para-hydroxylation sites is 1. The molecule has 6 heteroatoms. The second-order valence-corrected chi connectivity index (χ2v) is 6.92. The van der Waals surface area contributed by atoms with Gasteiger partial charge in [0.2, 0.25) is 5.91 Å². The first kappa shape index (κ1) is 20.5. The number of nitrogens with two attached hydrogens (primary N) is 1. The molecule has 2 rings (SSSR count). The number of methoxy groups -OCH3 is 1. The van der Waals surface area contributed by atoms with Gasteiger partial charge in [-0.3, -0.25) is 15.1 Å². The lowest BCUT2D eigenvalue weighted by Crippen LogP contribution is -2.42. The Hall–Kier alpha value is -1.79. The average Bonchev–Trinajstić information content (AvgIpc) is 2.68. The number of nitrogens with one attached hydrogen (secondary N) is 1. The van der Waals surface area contributed by atoms with E-state index in [-0.39, 0.29) is 11.8 Å². The zero-order valence-corrected chi connectivity index (χ0v) is 16.1. The van der Waals surface area contributed by atoms with Gasteiger partial charge >= 0.3 is 0 Å². The average molecular weight is 364 g/mol. The molecule has 0 aliphatic carbocycles. The topological polar surface area (TPSA) is 76.8 Å². The Morgan fingerprint density at radius 2 is 2.04 bits per heavy atom. The number of benzene rings is 1. The SMILES string of the molecule is CCCCCCOc1c(CN2CCC(C(=O)NN)CC2)cccc1OC. The molecule has 1 aromatic carbocycles. The number of rotatable bonds is 10. The van der Waals surface area contributed by atoms with E-state index in [9.17, 15) is 4.79 Å². The van der Waals surface area contributed by atoms with E-state index in [0.717, 1.165) is 56.0 Å². The van der Waals surface area contributed by atoms with Gasteiger partial charge in [-0.05, 0) is 38.4 Å². The quantitative estimate of drug-likeness (QED) is 0.289. The van der Waals surface area contributed by atoms with Crippen molar-refractivity contribution >= 4 is 5.91 Å². The number of hydrogen-bond donors (Lipinski definition) is 2. The van der Waals surface area contributed by atoms with Crippen molar-refractivity contribution in [2.24, 2.45) is 11.8 Å². The van der Waals surface area contributed by atoms with Gasteiger partial charge in [-0.25, -0.2) is 5.84 Å². The highest BCUT2D eigenvalue weighted by Gasteiger charge is 2.25. The van der Waals surface area contributed by atoms with Gasteiger partial charge in [0.05, 0.1) is 13.7 Å². The number of piperidine rings is 1. The normalized spacial score (nSPS) is 15.7. The van der Waals surface area contributed by atoms with Crippen LogP contribution in [0.15, 0.2) is 18.2 Å². The summed E-state index contributed by atoms with van der Waals surface area (Å²) in [5, 5.41) is 0. The largest absolute Gasteiger partial charge is 0.493 e. The van der Waals surface area contributed by atoms with Gasteiger partial charge in [0.15, 0.2) is 11.5 Å². The smallest absolute Gasteiger partial charge is 0.237 e. The van der Waals surface area contributed by atoms with Gasteiger partial charge in [0.25, 0.3) is 0 Å². The van der Waals surface area contributed by atoms with Gasteiger partial charge in [0, 0.05) is 18.0 Å². The molecule has 0 bridgehead atoms. The van der Waals surface area contributed by atoms with E-state index in [1.165, 1.54) is 19.3 Å². The number of unbranched alkanes of at least 4 members (excludes halogenated alkanes) is 3. The molecule has 1 aromatic rings. The summed E-state index contributed by atoms with van der Waals surface area (Å²) in [5.41, 5.74) is 3.41. The molecular weight excluding hydrogens is 330 g/mol. The fourth-order valence-electron chi connectivity index (χ4n) is 3.43. The molecule has 3 N–H and O–H groups in total. The van der Waals surface area contributed by atoms with E-state index in [2.05, 4.69) is 23.3 Å². The van der Waals surface area contributed by atoms with Crippen molar-refractivity contribution in [1.82, 2.24) is 10.3 Å². The maximum Gasteiger partial charge on any atom is 0.237 e. The fraction of sp³-hybridized carbons (Fsp3) is 0.650.